The number of aliphatic hydroxyl groups is 1. The number of hydrogen-bond acceptors (Lipinski definition) is 5. The molecule has 2 heterocycles. The summed E-state index contributed by atoms with van der Waals surface area (Å²) in [5.41, 5.74) is 1.94. The van der Waals surface area contributed by atoms with Gasteiger partial charge in [0.15, 0.2) is 5.72 Å². The summed E-state index contributed by atoms with van der Waals surface area (Å²) in [5, 5.41) is 18.1. The lowest BCUT2D eigenvalue weighted by molar-refractivity contribution is -0.287. The van der Waals surface area contributed by atoms with Gasteiger partial charge in [-0.15, -0.1) is 5.10 Å². The highest BCUT2D eigenvalue weighted by Crippen LogP contribution is 2.38. The number of hydrogen-bond donors (Lipinski definition) is 1. The summed E-state index contributed by atoms with van der Waals surface area (Å²) in [6, 6.07) is 17.7. The van der Waals surface area contributed by atoms with E-state index in [4.69, 9.17) is 9.47 Å². The lowest BCUT2D eigenvalue weighted by atomic mass is 9.98. The van der Waals surface area contributed by atoms with Gasteiger partial charge in [-0.3, -0.25) is 0 Å². The highest BCUT2D eigenvalue weighted by molar-refractivity contribution is 5.74. The molecule has 1 aromatic heterocycles. The maximum absolute atomic E-state index is 9.83. The number of ether oxygens (including phenoxy) is 2. The number of aliphatic hydroxyl groups excluding tert-OH is 1. The number of benzene rings is 2. The highest BCUT2D eigenvalue weighted by atomic mass is 16.6. The van der Waals surface area contributed by atoms with Crippen molar-refractivity contribution in [2.45, 2.75) is 24.9 Å². The van der Waals surface area contributed by atoms with Gasteiger partial charge in [-0.05, 0) is 17.7 Å². The number of rotatable bonds is 6. The van der Waals surface area contributed by atoms with Crippen LogP contribution in [0.4, 0.5) is 0 Å². The monoisotopic (exact) mass is 325 g/mol. The summed E-state index contributed by atoms with van der Waals surface area (Å²) in [6.07, 6.45) is 0.592. The third kappa shape index (κ3) is 2.69. The third-order valence-electron chi connectivity index (χ3n) is 4.33. The first kappa shape index (κ1) is 15.3. The molecular weight excluding hydrogens is 306 g/mol. The van der Waals surface area contributed by atoms with E-state index in [-0.39, 0.29) is 12.7 Å². The van der Waals surface area contributed by atoms with Crippen molar-refractivity contribution in [3.05, 3.63) is 60.2 Å². The molecule has 124 valence electrons. The Bertz CT molecular complexity index is 813. The summed E-state index contributed by atoms with van der Waals surface area (Å²) >= 11 is 0. The number of nitrogens with zero attached hydrogens (tertiary/aromatic N) is 3. The lowest BCUT2D eigenvalue weighted by Crippen LogP contribution is -2.56. The molecule has 0 spiro atoms. The molecule has 0 saturated carbocycles. The quantitative estimate of drug-likeness (QED) is 0.751. The van der Waals surface area contributed by atoms with Crippen LogP contribution in [0.25, 0.3) is 11.0 Å². The van der Waals surface area contributed by atoms with Crippen molar-refractivity contribution in [2.75, 3.05) is 13.2 Å². The van der Waals surface area contributed by atoms with Gasteiger partial charge in [-0.25, -0.2) is 4.68 Å². The second-order valence-electron chi connectivity index (χ2n) is 6.04. The molecule has 1 unspecified atom stereocenters. The molecule has 2 aromatic carbocycles. The zero-order chi connectivity index (χ0) is 16.4. The van der Waals surface area contributed by atoms with Gasteiger partial charge in [-0.1, -0.05) is 47.7 Å². The SMILES string of the molecule is OC[C@@]1(n2nnc3ccccc32)CC(COCc2ccccc2)O1. The fourth-order valence-corrected chi connectivity index (χ4v) is 3.11. The van der Waals surface area contributed by atoms with Crippen molar-refractivity contribution in [1.82, 2.24) is 15.0 Å². The molecule has 6 nitrogen and oxygen atoms in total. The van der Waals surface area contributed by atoms with Crippen LogP contribution in [0.2, 0.25) is 0 Å². The minimum absolute atomic E-state index is 0.0520. The van der Waals surface area contributed by atoms with Gasteiger partial charge in [0.25, 0.3) is 0 Å². The average molecular weight is 325 g/mol. The molecule has 2 atom stereocenters. The van der Waals surface area contributed by atoms with Crippen molar-refractivity contribution >= 4 is 11.0 Å². The Kier molecular flexibility index (Phi) is 4.02. The zero-order valence-corrected chi connectivity index (χ0v) is 13.2. The molecule has 3 aromatic rings. The molecule has 0 amide bonds. The molecule has 4 rings (SSSR count). The number of aromatic nitrogens is 3. The summed E-state index contributed by atoms with van der Waals surface area (Å²) in [7, 11) is 0. The molecule has 1 aliphatic heterocycles. The van der Waals surface area contributed by atoms with Crippen molar-refractivity contribution in [3.63, 3.8) is 0 Å². The van der Waals surface area contributed by atoms with Gasteiger partial charge >= 0.3 is 0 Å². The Labute approximate surface area is 139 Å². The minimum atomic E-state index is -0.836. The van der Waals surface area contributed by atoms with Gasteiger partial charge in [0.05, 0.1) is 31.4 Å². The van der Waals surface area contributed by atoms with E-state index in [9.17, 15) is 5.11 Å². The first-order valence-electron chi connectivity index (χ1n) is 8.02. The zero-order valence-electron chi connectivity index (χ0n) is 13.2. The highest BCUT2D eigenvalue weighted by Gasteiger charge is 2.48. The van der Waals surface area contributed by atoms with E-state index in [1.54, 1.807) is 4.68 Å². The predicted molar refractivity (Wildman–Crippen MR) is 88.2 cm³/mol. The van der Waals surface area contributed by atoms with Crippen LogP contribution in [0.3, 0.4) is 0 Å². The molecule has 0 radical (unpaired) electrons. The summed E-state index contributed by atoms with van der Waals surface area (Å²) in [4.78, 5) is 0. The van der Waals surface area contributed by atoms with Crippen LogP contribution in [-0.4, -0.2) is 39.4 Å². The number of para-hydroxylation sites is 1. The lowest BCUT2D eigenvalue weighted by Gasteiger charge is -2.46. The van der Waals surface area contributed by atoms with Crippen molar-refractivity contribution in [3.8, 4) is 0 Å². The van der Waals surface area contributed by atoms with Gasteiger partial charge < -0.3 is 14.6 Å². The van der Waals surface area contributed by atoms with Gasteiger partial charge in [-0.2, -0.15) is 0 Å². The van der Waals surface area contributed by atoms with E-state index < -0.39 is 5.72 Å². The fourth-order valence-electron chi connectivity index (χ4n) is 3.11. The predicted octanol–water partition coefficient (Wildman–Crippen LogP) is 2.08. The molecule has 1 saturated heterocycles. The Morgan fingerprint density at radius 1 is 1.17 bits per heavy atom. The molecule has 1 N–H and O–H groups in total. The van der Waals surface area contributed by atoms with Crippen molar-refractivity contribution in [2.24, 2.45) is 0 Å². The minimum Gasteiger partial charge on any atom is -0.391 e. The van der Waals surface area contributed by atoms with E-state index >= 15 is 0 Å². The Hall–Kier alpha value is -2.28. The Balaban J connectivity index is 1.39. The first-order chi connectivity index (χ1) is 11.8. The standard InChI is InChI=1S/C18H19N3O3/c22-13-18(21-17-9-5-4-8-16(17)19-20-21)10-15(24-18)12-23-11-14-6-2-1-3-7-14/h1-9,15,22H,10-13H2/t15?,18-/m1/s1. The van der Waals surface area contributed by atoms with E-state index in [0.29, 0.717) is 19.6 Å². The van der Waals surface area contributed by atoms with E-state index in [2.05, 4.69) is 10.3 Å². The summed E-state index contributed by atoms with van der Waals surface area (Å²) in [6.45, 7) is 0.901. The van der Waals surface area contributed by atoms with Crippen LogP contribution in [0.15, 0.2) is 54.6 Å². The molecule has 1 aliphatic rings. The van der Waals surface area contributed by atoms with Crippen molar-refractivity contribution in [1.29, 1.82) is 0 Å². The van der Waals surface area contributed by atoms with Crippen LogP contribution in [0, 0.1) is 0 Å². The molecule has 24 heavy (non-hydrogen) atoms. The summed E-state index contributed by atoms with van der Waals surface area (Å²) < 4.78 is 13.3. The maximum atomic E-state index is 9.83. The number of fused-ring (bicyclic) bond motifs is 1. The Morgan fingerprint density at radius 2 is 1.92 bits per heavy atom. The van der Waals surface area contributed by atoms with Crippen LogP contribution >= 0.6 is 0 Å². The van der Waals surface area contributed by atoms with Crippen LogP contribution < -0.4 is 0 Å². The van der Waals surface area contributed by atoms with Gasteiger partial charge in [0.1, 0.15) is 5.52 Å². The fraction of sp³-hybridized carbons (Fsp3) is 0.333. The molecule has 0 aliphatic carbocycles. The molecule has 0 bridgehead atoms. The van der Waals surface area contributed by atoms with E-state index in [1.807, 2.05) is 54.6 Å². The smallest absolute Gasteiger partial charge is 0.189 e. The topological polar surface area (TPSA) is 69.4 Å². The molecule has 1 fully saturated rings. The van der Waals surface area contributed by atoms with E-state index in [1.165, 1.54) is 0 Å². The third-order valence-corrected chi connectivity index (χ3v) is 4.33. The first-order valence-corrected chi connectivity index (χ1v) is 8.02. The molecular formula is C18H19N3O3. The largest absolute Gasteiger partial charge is 0.391 e. The Morgan fingerprint density at radius 3 is 2.71 bits per heavy atom. The van der Waals surface area contributed by atoms with Crippen LogP contribution in [0.5, 0.6) is 0 Å². The normalized spacial score (nSPS) is 23.3. The van der Waals surface area contributed by atoms with Crippen molar-refractivity contribution < 1.29 is 14.6 Å². The van der Waals surface area contributed by atoms with E-state index in [0.717, 1.165) is 16.6 Å². The van der Waals surface area contributed by atoms with Crippen LogP contribution in [-0.2, 0) is 21.8 Å². The average Bonchev–Trinajstić information content (AvgIpc) is 3.02. The maximum Gasteiger partial charge on any atom is 0.189 e. The second kappa shape index (κ2) is 6.32. The molecule has 6 heteroatoms. The summed E-state index contributed by atoms with van der Waals surface area (Å²) in [5.74, 6) is 0. The second-order valence-corrected chi connectivity index (χ2v) is 6.04. The van der Waals surface area contributed by atoms with Crippen LogP contribution in [0.1, 0.15) is 12.0 Å². The van der Waals surface area contributed by atoms with Gasteiger partial charge in [0.2, 0.25) is 0 Å². The van der Waals surface area contributed by atoms with Gasteiger partial charge in [0, 0.05) is 6.42 Å².